The van der Waals surface area contributed by atoms with Crippen LogP contribution in [0.3, 0.4) is 0 Å². The van der Waals surface area contributed by atoms with E-state index < -0.39 is 37.6 Å². The fourth-order valence-corrected chi connectivity index (χ4v) is 11.6. The first-order valence-electron chi connectivity index (χ1n) is 17.9. The van der Waals surface area contributed by atoms with Crippen molar-refractivity contribution in [3.8, 4) is 5.69 Å². The molecule has 1 N–H and O–H groups in total. The van der Waals surface area contributed by atoms with Crippen molar-refractivity contribution in [1.29, 1.82) is 0 Å². The summed E-state index contributed by atoms with van der Waals surface area (Å²) in [5.41, 5.74) is 2.00. The third-order valence-electron chi connectivity index (χ3n) is 11.4. The molecule has 5 aromatic rings. The van der Waals surface area contributed by atoms with Gasteiger partial charge in [-0.25, -0.2) is 0 Å². The van der Waals surface area contributed by atoms with E-state index in [0.29, 0.717) is 40.3 Å². The minimum atomic E-state index is -3.56. The lowest BCUT2D eigenvalue weighted by molar-refractivity contribution is -0.151. The number of amides is 2. The molecule has 2 amide bonds. The smallest absolute Gasteiger partial charge is 0.279 e. The number of aliphatic hydroxyl groups excluding tert-OH is 1. The molecule has 0 saturated carbocycles. The predicted octanol–water partition coefficient (Wildman–Crippen LogP) is 6.70. The fraction of sp³-hybridized carbons (Fsp3) is 0.317. The van der Waals surface area contributed by atoms with E-state index in [9.17, 15) is 19.5 Å². The van der Waals surface area contributed by atoms with E-state index in [2.05, 4.69) is 5.10 Å². The number of carbonyl (C=O) groups is 2. The molecular formula is C41H40ClFN4O5Si. The number of hydrogen-bond donors (Lipinski definition) is 1. The Morgan fingerprint density at radius 3 is 2.55 bits per heavy atom. The van der Waals surface area contributed by atoms with Gasteiger partial charge in [0.15, 0.2) is 5.60 Å². The van der Waals surface area contributed by atoms with Gasteiger partial charge in [-0.1, -0.05) is 73.1 Å². The summed E-state index contributed by atoms with van der Waals surface area (Å²) in [5, 5.41) is 16.4. The summed E-state index contributed by atoms with van der Waals surface area (Å²) >= 11 is 6.58. The minimum absolute atomic E-state index is 0.130. The Hall–Kier alpha value is -4.68. The van der Waals surface area contributed by atoms with Crippen LogP contribution in [0.4, 0.5) is 9.80 Å². The van der Waals surface area contributed by atoms with Crippen molar-refractivity contribution in [2.45, 2.75) is 69.2 Å². The second-order valence-corrected chi connectivity index (χ2v) is 19.2. The number of ether oxygens (including phenoxy) is 1. The molecule has 1 fully saturated rings. The third kappa shape index (κ3) is 5.90. The third-order valence-corrected chi connectivity index (χ3v) is 14.1. The monoisotopic (exact) mass is 750 g/mol. The summed E-state index contributed by atoms with van der Waals surface area (Å²) in [5.74, 6) is -1.23. The van der Waals surface area contributed by atoms with Crippen LogP contribution >= 0.6 is 11.6 Å². The van der Waals surface area contributed by atoms with Gasteiger partial charge in [-0.15, -0.1) is 0 Å². The van der Waals surface area contributed by atoms with Crippen LogP contribution in [-0.2, 0) is 39.4 Å². The zero-order valence-electron chi connectivity index (χ0n) is 29.7. The fourth-order valence-electron chi connectivity index (χ4n) is 8.95. The van der Waals surface area contributed by atoms with Gasteiger partial charge in [0.2, 0.25) is 14.3 Å². The Morgan fingerprint density at radius 2 is 1.77 bits per heavy atom. The average molecular weight is 751 g/mol. The molecule has 0 aliphatic carbocycles. The number of nitrogens with zero attached hydrogens (tertiary/aromatic N) is 4. The molecule has 3 aliphatic rings. The highest BCUT2D eigenvalue weighted by molar-refractivity contribution is 6.72. The Balaban J connectivity index is 1.13. The molecule has 0 radical (unpaired) electrons. The second kappa shape index (κ2) is 13.3. The number of rotatable bonds is 7. The first-order valence-corrected chi connectivity index (χ1v) is 21.3. The highest BCUT2D eigenvalue weighted by Gasteiger charge is 2.67. The Kier molecular flexibility index (Phi) is 8.88. The standard InChI is InChI=1S/C41H40ClFN4O5Si/c1-25-38(53(2,3)43)36(20-37(49)45-23-29-12-5-4-10-27(29)18-32(45)24-48)52-41(25)34-19-30(42)15-16-35(34)46(40(41)51)22-26-9-8-13-31(17-26)47-39(50)33-14-7-6-11-28(33)21-44-47/h4-17,19,21,25,32,36,38,48H,18,20,22-24H2,1-3H3/t25-,32+,36+,38-,41+/m1/s1. The maximum Gasteiger partial charge on any atom is 0.279 e. The Morgan fingerprint density at radius 1 is 1.02 bits per heavy atom. The van der Waals surface area contributed by atoms with Crippen LogP contribution in [0.1, 0.15) is 35.6 Å². The van der Waals surface area contributed by atoms with Gasteiger partial charge in [-0.2, -0.15) is 9.78 Å². The lowest BCUT2D eigenvalue weighted by Gasteiger charge is -2.37. The van der Waals surface area contributed by atoms with Crippen LogP contribution in [0.25, 0.3) is 16.5 Å². The van der Waals surface area contributed by atoms with Crippen LogP contribution in [0.5, 0.6) is 0 Å². The van der Waals surface area contributed by atoms with E-state index >= 15 is 4.11 Å². The summed E-state index contributed by atoms with van der Waals surface area (Å²) in [4.78, 5) is 45.8. The van der Waals surface area contributed by atoms with Crippen molar-refractivity contribution in [1.82, 2.24) is 14.7 Å². The zero-order chi connectivity index (χ0) is 37.2. The van der Waals surface area contributed by atoms with E-state index in [-0.39, 0.29) is 36.9 Å². The molecule has 1 saturated heterocycles. The van der Waals surface area contributed by atoms with Gasteiger partial charge in [-0.3, -0.25) is 14.4 Å². The van der Waals surface area contributed by atoms with Crippen LogP contribution in [0, 0.1) is 5.92 Å². The van der Waals surface area contributed by atoms with E-state index in [1.807, 2.05) is 67.6 Å². The highest BCUT2D eigenvalue weighted by Crippen LogP contribution is 2.60. The molecule has 12 heteroatoms. The van der Waals surface area contributed by atoms with Crippen LogP contribution < -0.4 is 10.5 Å². The molecule has 1 spiro atoms. The maximum absolute atomic E-state index is 16.5. The highest BCUT2D eigenvalue weighted by atomic mass is 35.5. The average Bonchev–Trinajstić information content (AvgIpc) is 3.56. The molecule has 4 aromatic carbocycles. The van der Waals surface area contributed by atoms with Gasteiger partial charge < -0.3 is 23.8 Å². The van der Waals surface area contributed by atoms with Crippen LogP contribution in [-0.4, -0.2) is 58.8 Å². The summed E-state index contributed by atoms with van der Waals surface area (Å²) in [6, 6.07) is 27.2. The van der Waals surface area contributed by atoms with Gasteiger partial charge in [0.25, 0.3) is 11.5 Å². The van der Waals surface area contributed by atoms with E-state index in [0.717, 1.165) is 22.1 Å². The number of aliphatic hydroxyl groups is 1. The number of halogens is 2. The van der Waals surface area contributed by atoms with Gasteiger partial charge in [0.1, 0.15) is 0 Å². The van der Waals surface area contributed by atoms with Gasteiger partial charge in [0, 0.05) is 34.0 Å². The number of aromatic nitrogens is 2. The molecule has 9 nitrogen and oxygen atoms in total. The molecule has 1 aromatic heterocycles. The summed E-state index contributed by atoms with van der Waals surface area (Å²) in [6.45, 7) is 5.32. The molecule has 53 heavy (non-hydrogen) atoms. The Labute approximate surface area is 312 Å². The number of carbonyl (C=O) groups excluding carboxylic acids is 2. The number of fused-ring (bicyclic) bond motifs is 4. The largest absolute Gasteiger partial charge is 0.394 e. The second-order valence-electron chi connectivity index (χ2n) is 15.0. The van der Waals surface area contributed by atoms with Gasteiger partial charge in [-0.05, 0) is 72.6 Å². The van der Waals surface area contributed by atoms with Crippen LogP contribution in [0.2, 0.25) is 23.7 Å². The maximum atomic E-state index is 16.5. The molecule has 3 aliphatic heterocycles. The predicted molar refractivity (Wildman–Crippen MR) is 204 cm³/mol. The summed E-state index contributed by atoms with van der Waals surface area (Å²) < 4.78 is 24.7. The molecule has 272 valence electrons. The molecule has 0 bridgehead atoms. The molecular weight excluding hydrogens is 711 g/mol. The lowest BCUT2D eigenvalue weighted by atomic mass is 9.82. The SMILES string of the molecule is C[C@@H]1[C@@H]([Si](C)(C)F)[C@H](CC(=O)N2Cc3ccccc3C[C@H]2CO)O[C@@]12C(=O)N(Cc1cccc(-n3ncc4ccccc4c3=O)c1)c1ccc(Cl)cc12. The summed E-state index contributed by atoms with van der Waals surface area (Å²) in [6.07, 6.45) is 1.15. The Bertz CT molecular complexity index is 2330. The van der Waals surface area contributed by atoms with Gasteiger partial charge in [0.05, 0.1) is 54.7 Å². The first kappa shape index (κ1) is 35.4. The van der Waals surface area contributed by atoms with Gasteiger partial charge >= 0.3 is 0 Å². The van der Waals surface area contributed by atoms with Crippen molar-refractivity contribution >= 4 is 48.3 Å². The van der Waals surface area contributed by atoms with E-state index in [1.165, 1.54) is 4.68 Å². The molecule has 4 heterocycles. The molecule has 5 atom stereocenters. The topological polar surface area (TPSA) is 105 Å². The van der Waals surface area contributed by atoms with Crippen molar-refractivity contribution < 1.29 is 23.5 Å². The lowest BCUT2D eigenvalue weighted by Crippen LogP contribution is -2.48. The molecule has 0 unspecified atom stereocenters. The van der Waals surface area contributed by atoms with Crippen molar-refractivity contribution in [3.05, 3.63) is 135 Å². The minimum Gasteiger partial charge on any atom is -0.394 e. The summed E-state index contributed by atoms with van der Waals surface area (Å²) in [7, 11) is -3.56. The number of hydrogen-bond acceptors (Lipinski definition) is 6. The number of benzene rings is 4. The van der Waals surface area contributed by atoms with Crippen LogP contribution in [0.15, 0.2) is 102 Å². The quantitative estimate of drug-likeness (QED) is 0.147. The van der Waals surface area contributed by atoms with E-state index in [1.54, 1.807) is 59.4 Å². The normalized spacial score (nSPS) is 23.8. The van der Waals surface area contributed by atoms with Crippen molar-refractivity contribution in [2.75, 3.05) is 11.5 Å². The first-order chi connectivity index (χ1) is 25.4. The number of anilines is 1. The van der Waals surface area contributed by atoms with Crippen molar-refractivity contribution in [2.24, 2.45) is 5.92 Å². The van der Waals surface area contributed by atoms with Crippen molar-refractivity contribution in [3.63, 3.8) is 0 Å². The molecule has 8 rings (SSSR count). The zero-order valence-corrected chi connectivity index (χ0v) is 31.5. The van der Waals surface area contributed by atoms with E-state index in [4.69, 9.17) is 16.3 Å².